The van der Waals surface area contributed by atoms with Crippen molar-refractivity contribution >= 4 is 0 Å². The zero-order valence-electron chi connectivity index (χ0n) is 10.5. The van der Waals surface area contributed by atoms with Gasteiger partial charge in [0, 0.05) is 12.0 Å². The Bertz CT molecular complexity index is 409. The van der Waals surface area contributed by atoms with E-state index in [0.29, 0.717) is 17.7 Å². The van der Waals surface area contributed by atoms with Gasteiger partial charge in [-0.2, -0.15) is 0 Å². The lowest BCUT2D eigenvalue weighted by Gasteiger charge is -2.33. The molecule has 0 spiro atoms. The van der Waals surface area contributed by atoms with Gasteiger partial charge < -0.3 is 9.84 Å². The summed E-state index contributed by atoms with van der Waals surface area (Å²) < 4.78 is 18.9. The second kappa shape index (κ2) is 4.30. The highest BCUT2D eigenvalue weighted by atomic mass is 19.1. The third kappa shape index (κ3) is 2.97. The number of halogens is 1. The molecule has 1 heterocycles. The first kappa shape index (κ1) is 12.4. The van der Waals surface area contributed by atoms with Gasteiger partial charge in [-0.25, -0.2) is 4.39 Å². The number of hydrogen-bond donors (Lipinski definition) is 1. The van der Waals surface area contributed by atoms with Gasteiger partial charge in [-0.1, -0.05) is 20.8 Å². The first-order valence-corrected chi connectivity index (χ1v) is 5.99. The maximum Gasteiger partial charge on any atom is 0.125 e. The Labute approximate surface area is 101 Å². The number of hydrogen-bond acceptors (Lipinski definition) is 2. The van der Waals surface area contributed by atoms with Crippen LogP contribution in [0.3, 0.4) is 0 Å². The minimum Gasteiger partial charge on any atom is -0.490 e. The summed E-state index contributed by atoms with van der Waals surface area (Å²) in [5.74, 6) is 0.278. The van der Waals surface area contributed by atoms with Crippen LogP contribution in [0.4, 0.5) is 4.39 Å². The van der Waals surface area contributed by atoms with Crippen molar-refractivity contribution in [2.24, 2.45) is 5.41 Å². The predicted molar refractivity (Wildman–Crippen MR) is 64.5 cm³/mol. The fourth-order valence-electron chi connectivity index (χ4n) is 2.30. The molecule has 0 aromatic heterocycles. The van der Waals surface area contributed by atoms with E-state index in [4.69, 9.17) is 4.74 Å². The summed E-state index contributed by atoms with van der Waals surface area (Å²) in [6.07, 6.45) is 0.791. The van der Waals surface area contributed by atoms with Crippen molar-refractivity contribution in [3.8, 4) is 5.75 Å². The van der Waals surface area contributed by atoms with Crippen LogP contribution in [0.2, 0.25) is 0 Å². The molecule has 2 rings (SSSR count). The Morgan fingerprint density at radius 3 is 2.76 bits per heavy atom. The van der Waals surface area contributed by atoms with Crippen LogP contribution in [-0.4, -0.2) is 11.2 Å². The average Bonchev–Trinajstić information content (AvgIpc) is 2.17. The Kier molecular flexibility index (Phi) is 3.13. The fourth-order valence-corrected chi connectivity index (χ4v) is 2.30. The molecule has 0 aliphatic carbocycles. The first-order valence-electron chi connectivity index (χ1n) is 5.99. The Hall–Kier alpha value is -1.09. The van der Waals surface area contributed by atoms with Gasteiger partial charge in [0.2, 0.25) is 0 Å². The molecule has 2 nitrogen and oxygen atoms in total. The van der Waals surface area contributed by atoms with E-state index in [1.54, 1.807) is 6.07 Å². The molecule has 17 heavy (non-hydrogen) atoms. The molecular formula is C14H19FO2. The van der Waals surface area contributed by atoms with Crippen molar-refractivity contribution in [1.82, 2.24) is 0 Å². The zero-order valence-corrected chi connectivity index (χ0v) is 10.5. The van der Waals surface area contributed by atoms with Crippen molar-refractivity contribution in [2.45, 2.75) is 45.8 Å². The third-order valence-corrected chi connectivity index (χ3v) is 2.95. The van der Waals surface area contributed by atoms with Crippen LogP contribution in [0.5, 0.6) is 5.75 Å². The summed E-state index contributed by atoms with van der Waals surface area (Å²) in [6, 6.07) is 4.32. The number of aliphatic hydroxyl groups is 1. The number of rotatable bonds is 1. The Morgan fingerprint density at radius 1 is 1.41 bits per heavy atom. The van der Waals surface area contributed by atoms with Gasteiger partial charge in [0.05, 0.1) is 6.10 Å². The van der Waals surface area contributed by atoms with E-state index in [1.807, 2.05) is 0 Å². The fraction of sp³-hybridized carbons (Fsp3) is 0.571. The molecule has 94 valence electrons. The van der Waals surface area contributed by atoms with E-state index in [2.05, 4.69) is 20.8 Å². The van der Waals surface area contributed by atoms with Gasteiger partial charge in [-0.3, -0.25) is 0 Å². The Morgan fingerprint density at radius 2 is 2.12 bits per heavy atom. The molecular weight excluding hydrogens is 219 g/mol. The highest BCUT2D eigenvalue weighted by molar-refractivity contribution is 5.37. The molecule has 0 bridgehead atoms. The molecule has 0 radical (unpaired) electrons. The molecule has 1 aliphatic rings. The van der Waals surface area contributed by atoms with Crippen molar-refractivity contribution in [1.29, 1.82) is 0 Å². The van der Waals surface area contributed by atoms with Crippen LogP contribution < -0.4 is 4.74 Å². The summed E-state index contributed by atoms with van der Waals surface area (Å²) in [6.45, 7) is 6.43. The van der Waals surface area contributed by atoms with Crippen LogP contribution in [-0.2, 0) is 0 Å². The third-order valence-electron chi connectivity index (χ3n) is 2.95. The quantitative estimate of drug-likeness (QED) is 0.812. The largest absolute Gasteiger partial charge is 0.490 e. The summed E-state index contributed by atoms with van der Waals surface area (Å²) >= 11 is 0. The molecule has 1 aromatic carbocycles. The average molecular weight is 238 g/mol. The summed E-state index contributed by atoms with van der Waals surface area (Å²) in [5, 5.41) is 10.0. The van der Waals surface area contributed by atoms with E-state index in [-0.39, 0.29) is 17.3 Å². The van der Waals surface area contributed by atoms with Gasteiger partial charge in [0.25, 0.3) is 0 Å². The molecule has 0 amide bonds. The van der Waals surface area contributed by atoms with E-state index in [0.717, 1.165) is 6.42 Å². The molecule has 0 fully saturated rings. The van der Waals surface area contributed by atoms with Crippen LogP contribution in [0.15, 0.2) is 18.2 Å². The molecule has 0 saturated heterocycles. The SMILES string of the molecule is CC(C)(C)CC1CC(O)c2cc(F)ccc2O1. The van der Waals surface area contributed by atoms with Gasteiger partial charge >= 0.3 is 0 Å². The predicted octanol–water partition coefficient (Wildman–Crippen LogP) is 3.45. The minimum absolute atomic E-state index is 0.00274. The first-order chi connectivity index (χ1) is 7.85. The lowest BCUT2D eigenvalue weighted by atomic mass is 9.85. The Balaban J connectivity index is 2.19. The van der Waals surface area contributed by atoms with Crippen LogP contribution >= 0.6 is 0 Å². The minimum atomic E-state index is -0.623. The van der Waals surface area contributed by atoms with Crippen molar-refractivity contribution in [3.63, 3.8) is 0 Å². The number of aliphatic hydroxyl groups excluding tert-OH is 1. The highest BCUT2D eigenvalue weighted by Gasteiger charge is 2.30. The van der Waals surface area contributed by atoms with Crippen LogP contribution in [0.25, 0.3) is 0 Å². The molecule has 1 N–H and O–H groups in total. The van der Waals surface area contributed by atoms with E-state index in [9.17, 15) is 9.50 Å². The molecule has 3 heteroatoms. The van der Waals surface area contributed by atoms with Crippen molar-refractivity contribution in [2.75, 3.05) is 0 Å². The molecule has 0 saturated carbocycles. The van der Waals surface area contributed by atoms with Gasteiger partial charge in [-0.15, -0.1) is 0 Å². The van der Waals surface area contributed by atoms with E-state index >= 15 is 0 Å². The lowest BCUT2D eigenvalue weighted by Crippen LogP contribution is -2.29. The van der Waals surface area contributed by atoms with Crippen LogP contribution in [0.1, 0.15) is 45.3 Å². The van der Waals surface area contributed by atoms with Crippen molar-refractivity contribution in [3.05, 3.63) is 29.6 Å². The van der Waals surface area contributed by atoms with Gasteiger partial charge in [0.1, 0.15) is 17.7 Å². The van der Waals surface area contributed by atoms with Crippen molar-refractivity contribution < 1.29 is 14.2 Å². The standard InChI is InChI=1S/C14H19FO2/c1-14(2,3)8-10-7-12(16)11-6-9(15)4-5-13(11)17-10/h4-6,10,12,16H,7-8H2,1-3H3. The van der Waals surface area contributed by atoms with Gasteiger partial charge in [0.15, 0.2) is 0 Å². The van der Waals surface area contributed by atoms with E-state index < -0.39 is 6.10 Å². The van der Waals surface area contributed by atoms with E-state index in [1.165, 1.54) is 12.1 Å². The molecule has 2 atom stereocenters. The number of fused-ring (bicyclic) bond motifs is 1. The second-order valence-electron chi connectivity index (χ2n) is 5.94. The zero-order chi connectivity index (χ0) is 12.6. The maximum atomic E-state index is 13.1. The van der Waals surface area contributed by atoms with Crippen LogP contribution in [0, 0.1) is 11.2 Å². The number of ether oxygens (including phenoxy) is 1. The van der Waals surface area contributed by atoms with Gasteiger partial charge in [-0.05, 0) is 30.0 Å². The molecule has 2 unspecified atom stereocenters. The summed E-state index contributed by atoms with van der Waals surface area (Å²) in [5.41, 5.74) is 0.720. The second-order valence-corrected chi connectivity index (χ2v) is 5.94. The molecule has 1 aliphatic heterocycles. The smallest absolute Gasteiger partial charge is 0.125 e. The lowest BCUT2D eigenvalue weighted by molar-refractivity contribution is 0.0444. The summed E-state index contributed by atoms with van der Waals surface area (Å²) in [7, 11) is 0. The highest BCUT2D eigenvalue weighted by Crippen LogP contribution is 2.38. The number of benzene rings is 1. The summed E-state index contributed by atoms with van der Waals surface area (Å²) in [4.78, 5) is 0. The normalized spacial score (nSPS) is 24.1. The maximum absolute atomic E-state index is 13.1. The monoisotopic (exact) mass is 238 g/mol. The molecule has 1 aromatic rings. The topological polar surface area (TPSA) is 29.5 Å².